The number of hydrogen-bond donors (Lipinski definition) is 2. The van der Waals surface area contributed by atoms with Crippen LogP contribution in [0.1, 0.15) is 18.0 Å². The highest BCUT2D eigenvalue weighted by Crippen LogP contribution is 2.41. The third kappa shape index (κ3) is 2.81. The summed E-state index contributed by atoms with van der Waals surface area (Å²) in [7, 11) is 4.65. The molecule has 0 heterocycles. The van der Waals surface area contributed by atoms with E-state index in [-0.39, 0.29) is 12.6 Å². The normalized spacial score (nSPS) is 12.1. The van der Waals surface area contributed by atoms with E-state index in [1.165, 1.54) is 0 Å². The quantitative estimate of drug-likeness (QED) is 0.780. The second kappa shape index (κ2) is 6.32. The number of methoxy groups -OCH3 is 3. The minimum absolute atomic E-state index is 0.0265. The molecule has 0 spiro atoms. The van der Waals surface area contributed by atoms with Gasteiger partial charge in [-0.1, -0.05) is 0 Å². The second-order valence-corrected chi connectivity index (χ2v) is 3.54. The molecular weight excluding hydrogens is 222 g/mol. The van der Waals surface area contributed by atoms with Crippen molar-refractivity contribution in [3.63, 3.8) is 0 Å². The molecule has 0 aromatic heterocycles. The lowest BCUT2D eigenvalue weighted by Crippen LogP contribution is -2.13. The highest BCUT2D eigenvalue weighted by molar-refractivity contribution is 5.56. The summed E-state index contributed by atoms with van der Waals surface area (Å²) in [6, 6.07) is 3.30. The van der Waals surface area contributed by atoms with Gasteiger partial charge in [0.2, 0.25) is 5.75 Å². The zero-order valence-electron chi connectivity index (χ0n) is 10.4. The van der Waals surface area contributed by atoms with Crippen LogP contribution in [0.5, 0.6) is 17.2 Å². The van der Waals surface area contributed by atoms with Crippen LogP contribution in [0.3, 0.4) is 0 Å². The zero-order valence-corrected chi connectivity index (χ0v) is 10.4. The van der Waals surface area contributed by atoms with Crippen LogP contribution < -0.4 is 19.9 Å². The smallest absolute Gasteiger partial charge is 0.203 e. The number of benzene rings is 1. The fraction of sp³-hybridized carbons (Fsp3) is 0.500. The van der Waals surface area contributed by atoms with Gasteiger partial charge in [0.15, 0.2) is 11.5 Å². The molecule has 3 N–H and O–H groups in total. The summed E-state index contributed by atoms with van der Waals surface area (Å²) in [5.74, 6) is 1.65. The van der Waals surface area contributed by atoms with Crippen LogP contribution in [0, 0.1) is 0 Å². The van der Waals surface area contributed by atoms with Crippen LogP contribution in [0.15, 0.2) is 12.1 Å². The van der Waals surface area contributed by atoms with E-state index in [0.717, 1.165) is 5.56 Å². The van der Waals surface area contributed by atoms with E-state index in [4.69, 9.17) is 25.1 Å². The zero-order chi connectivity index (χ0) is 12.8. The second-order valence-electron chi connectivity index (χ2n) is 3.54. The first kappa shape index (κ1) is 13.6. The predicted octanol–water partition coefficient (Wildman–Crippen LogP) is 1.09. The van der Waals surface area contributed by atoms with Crippen molar-refractivity contribution in [2.24, 2.45) is 5.73 Å². The SMILES string of the molecule is COc1ccc([C@@H](N)CCO)c(OC)c1OC. The topological polar surface area (TPSA) is 73.9 Å². The van der Waals surface area contributed by atoms with E-state index in [1.54, 1.807) is 27.4 Å². The molecule has 0 aliphatic heterocycles. The largest absolute Gasteiger partial charge is 0.493 e. The van der Waals surface area contributed by atoms with Crippen LogP contribution in [-0.2, 0) is 0 Å². The molecule has 1 rings (SSSR count). The molecule has 0 unspecified atom stereocenters. The first-order valence-corrected chi connectivity index (χ1v) is 5.34. The molecule has 1 aromatic rings. The van der Waals surface area contributed by atoms with E-state index < -0.39 is 0 Å². The van der Waals surface area contributed by atoms with Crippen molar-refractivity contribution in [3.8, 4) is 17.2 Å². The van der Waals surface area contributed by atoms with Crippen molar-refractivity contribution >= 4 is 0 Å². The summed E-state index contributed by atoms with van der Waals surface area (Å²) >= 11 is 0. The third-order valence-electron chi connectivity index (χ3n) is 2.57. The fourth-order valence-corrected chi connectivity index (χ4v) is 1.71. The molecule has 17 heavy (non-hydrogen) atoms. The van der Waals surface area contributed by atoms with Crippen molar-refractivity contribution < 1.29 is 19.3 Å². The lowest BCUT2D eigenvalue weighted by molar-refractivity contribution is 0.273. The maximum absolute atomic E-state index is 8.91. The van der Waals surface area contributed by atoms with Crippen LogP contribution in [-0.4, -0.2) is 33.0 Å². The van der Waals surface area contributed by atoms with Crippen LogP contribution >= 0.6 is 0 Å². The number of ether oxygens (including phenoxy) is 3. The van der Waals surface area contributed by atoms with Crippen LogP contribution in [0.4, 0.5) is 0 Å². The molecule has 0 aliphatic carbocycles. The maximum Gasteiger partial charge on any atom is 0.203 e. The van der Waals surface area contributed by atoms with Crippen LogP contribution in [0.25, 0.3) is 0 Å². The molecule has 0 bridgehead atoms. The average molecular weight is 241 g/mol. The van der Waals surface area contributed by atoms with Gasteiger partial charge in [0.1, 0.15) is 0 Å². The minimum atomic E-state index is -0.297. The van der Waals surface area contributed by atoms with Crippen molar-refractivity contribution in [1.29, 1.82) is 0 Å². The summed E-state index contributed by atoms with van der Waals surface area (Å²) in [5, 5.41) is 8.91. The van der Waals surface area contributed by atoms with Gasteiger partial charge >= 0.3 is 0 Å². The van der Waals surface area contributed by atoms with Crippen molar-refractivity contribution in [2.45, 2.75) is 12.5 Å². The fourth-order valence-electron chi connectivity index (χ4n) is 1.71. The summed E-state index contributed by atoms with van der Waals surface area (Å²) in [6.45, 7) is 0.0265. The Morgan fingerprint density at radius 2 is 1.76 bits per heavy atom. The van der Waals surface area contributed by atoms with E-state index in [0.29, 0.717) is 23.7 Å². The van der Waals surface area contributed by atoms with Gasteiger partial charge in [-0.05, 0) is 18.6 Å². The third-order valence-corrected chi connectivity index (χ3v) is 2.57. The number of rotatable bonds is 6. The first-order chi connectivity index (χ1) is 8.19. The van der Waals surface area contributed by atoms with E-state index in [9.17, 15) is 0 Å². The Hall–Kier alpha value is -1.46. The molecule has 0 radical (unpaired) electrons. The first-order valence-electron chi connectivity index (χ1n) is 5.34. The molecule has 1 aromatic carbocycles. The number of nitrogens with two attached hydrogens (primary N) is 1. The number of aliphatic hydroxyl groups is 1. The van der Waals surface area contributed by atoms with Gasteiger partial charge in [-0.15, -0.1) is 0 Å². The molecular formula is C12H19NO4. The molecule has 0 fully saturated rings. The number of aliphatic hydroxyl groups excluding tert-OH is 1. The lowest BCUT2D eigenvalue weighted by atomic mass is 10.0. The summed E-state index contributed by atoms with van der Waals surface area (Å²) in [5.41, 5.74) is 6.75. The van der Waals surface area contributed by atoms with Gasteiger partial charge in [0, 0.05) is 18.2 Å². The summed E-state index contributed by atoms with van der Waals surface area (Å²) in [4.78, 5) is 0. The molecule has 0 aliphatic rings. The predicted molar refractivity (Wildman–Crippen MR) is 64.7 cm³/mol. The Morgan fingerprint density at radius 1 is 1.12 bits per heavy atom. The Morgan fingerprint density at radius 3 is 2.24 bits per heavy atom. The minimum Gasteiger partial charge on any atom is -0.493 e. The van der Waals surface area contributed by atoms with Gasteiger partial charge < -0.3 is 25.1 Å². The molecule has 0 saturated heterocycles. The molecule has 1 atom stereocenters. The Labute approximate surface area is 101 Å². The highest BCUT2D eigenvalue weighted by atomic mass is 16.5. The van der Waals surface area contributed by atoms with Gasteiger partial charge in [-0.2, -0.15) is 0 Å². The summed E-state index contributed by atoms with van der Waals surface area (Å²) < 4.78 is 15.7. The Balaban J connectivity index is 3.22. The maximum atomic E-state index is 8.91. The average Bonchev–Trinajstić information content (AvgIpc) is 2.36. The lowest BCUT2D eigenvalue weighted by Gasteiger charge is -2.19. The van der Waals surface area contributed by atoms with Gasteiger partial charge in [0.05, 0.1) is 21.3 Å². The molecule has 0 saturated carbocycles. The van der Waals surface area contributed by atoms with Gasteiger partial charge in [0.25, 0.3) is 0 Å². The van der Waals surface area contributed by atoms with Crippen molar-refractivity contribution in [2.75, 3.05) is 27.9 Å². The Bertz CT molecular complexity index is 368. The van der Waals surface area contributed by atoms with Crippen LogP contribution in [0.2, 0.25) is 0 Å². The molecule has 5 heteroatoms. The highest BCUT2D eigenvalue weighted by Gasteiger charge is 2.19. The van der Waals surface area contributed by atoms with E-state index in [2.05, 4.69) is 0 Å². The Kier molecular flexibility index (Phi) is 5.06. The van der Waals surface area contributed by atoms with Gasteiger partial charge in [-0.3, -0.25) is 0 Å². The van der Waals surface area contributed by atoms with Gasteiger partial charge in [-0.25, -0.2) is 0 Å². The van der Waals surface area contributed by atoms with E-state index in [1.807, 2.05) is 6.07 Å². The van der Waals surface area contributed by atoms with E-state index >= 15 is 0 Å². The van der Waals surface area contributed by atoms with Crippen molar-refractivity contribution in [1.82, 2.24) is 0 Å². The molecule has 0 amide bonds. The standard InChI is InChI=1S/C12H19NO4/c1-15-10-5-4-8(9(13)6-7-14)11(16-2)12(10)17-3/h4-5,9,14H,6-7,13H2,1-3H3/t9-/m0/s1. The monoisotopic (exact) mass is 241 g/mol. The van der Waals surface area contributed by atoms with Crippen molar-refractivity contribution in [3.05, 3.63) is 17.7 Å². The molecule has 5 nitrogen and oxygen atoms in total. The molecule has 96 valence electrons. The number of hydrogen-bond acceptors (Lipinski definition) is 5. The summed E-state index contributed by atoms with van der Waals surface area (Å²) in [6.07, 6.45) is 0.464.